The number of amides is 2. The van der Waals surface area contributed by atoms with Crippen molar-refractivity contribution in [2.75, 3.05) is 25.0 Å². The number of benzene rings is 1. The largest absolute Gasteiger partial charge is 0.435 e. The van der Waals surface area contributed by atoms with Gasteiger partial charge in [-0.1, -0.05) is 0 Å². The maximum atomic E-state index is 12.1. The van der Waals surface area contributed by atoms with Gasteiger partial charge >= 0.3 is 6.61 Å². The summed E-state index contributed by atoms with van der Waals surface area (Å²) in [6.07, 6.45) is 0. The van der Waals surface area contributed by atoms with Crippen LogP contribution in [0.3, 0.4) is 0 Å². The van der Waals surface area contributed by atoms with E-state index in [1.807, 2.05) is 0 Å². The van der Waals surface area contributed by atoms with Crippen LogP contribution in [0.5, 0.6) is 5.75 Å². The van der Waals surface area contributed by atoms with Crippen molar-refractivity contribution >= 4 is 17.5 Å². The number of nitrogens with zero attached hydrogens (tertiary/aromatic N) is 1. The Labute approximate surface area is 126 Å². The predicted octanol–water partition coefficient (Wildman–Crippen LogP) is 1.05. The molecule has 0 spiro atoms. The predicted molar refractivity (Wildman–Crippen MR) is 75.7 cm³/mol. The number of hydrogen-bond acceptors (Lipinski definition) is 4. The Bertz CT molecular complexity index is 537. The van der Waals surface area contributed by atoms with Gasteiger partial charge in [-0.25, -0.2) is 0 Å². The van der Waals surface area contributed by atoms with E-state index in [4.69, 9.17) is 0 Å². The molecule has 1 unspecified atom stereocenters. The summed E-state index contributed by atoms with van der Waals surface area (Å²) < 4.78 is 28.3. The highest BCUT2D eigenvalue weighted by atomic mass is 19.3. The van der Waals surface area contributed by atoms with E-state index >= 15 is 0 Å². The SMILES string of the molecule is CC(C(=O)Nc1ccc(OC(F)F)cc1)N1CCNC(=O)C1. The van der Waals surface area contributed by atoms with Crippen molar-refractivity contribution < 1.29 is 23.1 Å². The fraction of sp³-hybridized carbons (Fsp3) is 0.429. The molecule has 1 atom stereocenters. The van der Waals surface area contributed by atoms with E-state index in [-0.39, 0.29) is 24.1 Å². The van der Waals surface area contributed by atoms with Gasteiger partial charge in [-0.3, -0.25) is 14.5 Å². The van der Waals surface area contributed by atoms with E-state index in [2.05, 4.69) is 15.4 Å². The molecule has 1 aromatic rings. The molecule has 120 valence electrons. The summed E-state index contributed by atoms with van der Waals surface area (Å²) in [5, 5.41) is 5.37. The van der Waals surface area contributed by atoms with E-state index < -0.39 is 12.7 Å². The Hall–Kier alpha value is -2.22. The van der Waals surface area contributed by atoms with Gasteiger partial charge in [0, 0.05) is 18.8 Å². The highest BCUT2D eigenvalue weighted by Gasteiger charge is 2.25. The first-order valence-corrected chi connectivity index (χ1v) is 6.82. The average molecular weight is 313 g/mol. The van der Waals surface area contributed by atoms with Crippen molar-refractivity contribution in [1.29, 1.82) is 0 Å². The normalized spacial score (nSPS) is 17.0. The zero-order valence-electron chi connectivity index (χ0n) is 12.0. The second kappa shape index (κ2) is 7.17. The van der Waals surface area contributed by atoms with Gasteiger partial charge in [-0.05, 0) is 31.2 Å². The summed E-state index contributed by atoms with van der Waals surface area (Å²) in [6.45, 7) is 0.112. The summed E-state index contributed by atoms with van der Waals surface area (Å²) in [6, 6.07) is 5.18. The maximum absolute atomic E-state index is 12.1. The molecule has 1 aliphatic rings. The molecule has 8 heteroatoms. The topological polar surface area (TPSA) is 70.7 Å². The van der Waals surface area contributed by atoms with E-state index in [1.54, 1.807) is 11.8 Å². The molecule has 1 fully saturated rings. The maximum Gasteiger partial charge on any atom is 0.387 e. The summed E-state index contributed by atoms with van der Waals surface area (Å²) in [7, 11) is 0. The molecule has 0 radical (unpaired) electrons. The Morgan fingerprint density at radius 3 is 2.64 bits per heavy atom. The first-order chi connectivity index (χ1) is 10.5. The number of rotatable bonds is 5. The Kier molecular flexibility index (Phi) is 5.26. The van der Waals surface area contributed by atoms with Crippen LogP contribution in [-0.2, 0) is 9.59 Å². The van der Waals surface area contributed by atoms with Gasteiger partial charge in [0.25, 0.3) is 0 Å². The van der Waals surface area contributed by atoms with Crippen LogP contribution in [0.2, 0.25) is 0 Å². The summed E-state index contributed by atoms with van der Waals surface area (Å²) in [5.74, 6) is -0.356. The quantitative estimate of drug-likeness (QED) is 0.852. The highest BCUT2D eigenvalue weighted by Crippen LogP contribution is 2.18. The van der Waals surface area contributed by atoms with Crippen molar-refractivity contribution in [3.63, 3.8) is 0 Å². The molecule has 0 bridgehead atoms. The minimum atomic E-state index is -2.88. The van der Waals surface area contributed by atoms with Gasteiger partial charge in [0.15, 0.2) is 0 Å². The molecule has 1 aromatic carbocycles. The number of anilines is 1. The molecule has 1 aliphatic heterocycles. The van der Waals surface area contributed by atoms with Crippen LogP contribution in [0.4, 0.5) is 14.5 Å². The number of halogens is 2. The van der Waals surface area contributed by atoms with Crippen LogP contribution in [0.15, 0.2) is 24.3 Å². The Morgan fingerprint density at radius 2 is 2.05 bits per heavy atom. The second-order valence-electron chi connectivity index (χ2n) is 4.89. The lowest BCUT2D eigenvalue weighted by Gasteiger charge is -2.31. The molecule has 0 saturated carbocycles. The average Bonchev–Trinajstić information content (AvgIpc) is 2.48. The highest BCUT2D eigenvalue weighted by molar-refractivity contribution is 5.95. The van der Waals surface area contributed by atoms with Crippen LogP contribution < -0.4 is 15.4 Å². The third-order valence-electron chi connectivity index (χ3n) is 3.34. The monoisotopic (exact) mass is 313 g/mol. The van der Waals surface area contributed by atoms with Crippen LogP contribution in [0.25, 0.3) is 0 Å². The fourth-order valence-electron chi connectivity index (χ4n) is 2.12. The van der Waals surface area contributed by atoms with Gasteiger partial charge in [0.2, 0.25) is 11.8 Å². The standard InChI is InChI=1S/C14H17F2N3O3/c1-9(19-7-6-17-12(20)8-19)13(21)18-10-2-4-11(5-3-10)22-14(15)16/h2-5,9,14H,6-8H2,1H3,(H,17,20)(H,18,21). The summed E-state index contributed by atoms with van der Waals surface area (Å²) >= 11 is 0. The number of carbonyl (C=O) groups excluding carboxylic acids is 2. The second-order valence-corrected chi connectivity index (χ2v) is 4.89. The number of carbonyl (C=O) groups is 2. The number of piperazine rings is 1. The molecule has 22 heavy (non-hydrogen) atoms. The molecule has 0 aromatic heterocycles. The van der Waals surface area contributed by atoms with Gasteiger partial charge in [0.1, 0.15) is 5.75 Å². The van der Waals surface area contributed by atoms with Crippen molar-refractivity contribution in [2.45, 2.75) is 19.6 Å². The number of alkyl halides is 2. The van der Waals surface area contributed by atoms with Gasteiger partial charge in [-0.15, -0.1) is 0 Å². The number of hydrogen-bond donors (Lipinski definition) is 2. The van der Waals surface area contributed by atoms with Crippen molar-refractivity contribution in [2.24, 2.45) is 0 Å². The molecule has 6 nitrogen and oxygen atoms in total. The number of ether oxygens (including phenoxy) is 1. The molecule has 2 N–H and O–H groups in total. The van der Waals surface area contributed by atoms with Crippen LogP contribution >= 0.6 is 0 Å². The van der Waals surface area contributed by atoms with E-state index in [0.29, 0.717) is 18.8 Å². The summed E-state index contributed by atoms with van der Waals surface area (Å²) in [4.78, 5) is 25.2. The third-order valence-corrected chi connectivity index (χ3v) is 3.34. The molecule has 0 aliphatic carbocycles. The minimum Gasteiger partial charge on any atom is -0.435 e. The molecule has 2 rings (SSSR count). The van der Waals surface area contributed by atoms with Crippen LogP contribution in [0.1, 0.15) is 6.92 Å². The Balaban J connectivity index is 1.91. The van der Waals surface area contributed by atoms with E-state index in [0.717, 1.165) is 0 Å². The van der Waals surface area contributed by atoms with Gasteiger partial charge in [0.05, 0.1) is 12.6 Å². The third kappa shape index (κ3) is 4.39. The Morgan fingerprint density at radius 1 is 1.36 bits per heavy atom. The molecular formula is C14H17F2N3O3. The fourth-order valence-corrected chi connectivity index (χ4v) is 2.12. The van der Waals surface area contributed by atoms with Gasteiger partial charge in [-0.2, -0.15) is 8.78 Å². The van der Waals surface area contributed by atoms with Crippen molar-refractivity contribution in [3.8, 4) is 5.75 Å². The lowest BCUT2D eigenvalue weighted by molar-refractivity contribution is -0.127. The van der Waals surface area contributed by atoms with Crippen LogP contribution in [0, 0.1) is 0 Å². The summed E-state index contributed by atoms with van der Waals surface area (Å²) in [5.41, 5.74) is 0.472. The molecular weight excluding hydrogens is 296 g/mol. The van der Waals surface area contributed by atoms with Crippen molar-refractivity contribution in [1.82, 2.24) is 10.2 Å². The zero-order chi connectivity index (χ0) is 16.1. The van der Waals surface area contributed by atoms with E-state index in [1.165, 1.54) is 24.3 Å². The molecule has 2 amide bonds. The smallest absolute Gasteiger partial charge is 0.387 e. The van der Waals surface area contributed by atoms with Crippen LogP contribution in [-0.4, -0.2) is 49.0 Å². The lowest BCUT2D eigenvalue weighted by Crippen LogP contribution is -2.53. The first-order valence-electron chi connectivity index (χ1n) is 6.82. The molecule has 1 heterocycles. The lowest BCUT2D eigenvalue weighted by atomic mass is 10.2. The van der Waals surface area contributed by atoms with Crippen molar-refractivity contribution in [3.05, 3.63) is 24.3 Å². The van der Waals surface area contributed by atoms with E-state index in [9.17, 15) is 18.4 Å². The first kappa shape index (κ1) is 16.2. The van der Waals surface area contributed by atoms with Gasteiger partial charge < -0.3 is 15.4 Å². The minimum absolute atomic E-state index is 0.0220. The molecule has 1 saturated heterocycles. The number of nitrogens with one attached hydrogen (secondary N) is 2. The zero-order valence-corrected chi connectivity index (χ0v) is 12.0.